The van der Waals surface area contributed by atoms with Crippen molar-refractivity contribution in [3.8, 4) is 11.1 Å². The van der Waals surface area contributed by atoms with Crippen molar-refractivity contribution in [2.75, 3.05) is 19.7 Å². The summed E-state index contributed by atoms with van der Waals surface area (Å²) in [6.07, 6.45) is 7.39. The number of hydrogen-bond donors (Lipinski definition) is 3. The smallest absolute Gasteiger partial charge is 0.407 e. The predicted molar refractivity (Wildman–Crippen MR) is 149 cm³/mol. The van der Waals surface area contributed by atoms with Crippen LogP contribution in [0.4, 0.5) is 4.79 Å². The van der Waals surface area contributed by atoms with Gasteiger partial charge in [-0.1, -0.05) is 100 Å². The molecule has 0 radical (unpaired) electrons. The quantitative estimate of drug-likeness (QED) is 0.228. The maximum Gasteiger partial charge on any atom is 0.407 e. The topological polar surface area (TPSA) is 122 Å². The summed E-state index contributed by atoms with van der Waals surface area (Å²) < 4.78 is 33.2. The van der Waals surface area contributed by atoms with E-state index in [0.717, 1.165) is 47.9 Å². The summed E-state index contributed by atoms with van der Waals surface area (Å²) in [5, 5.41) is 10.8. The number of aliphatic carboxylic acids is 1. The van der Waals surface area contributed by atoms with Crippen LogP contribution in [0.1, 0.15) is 81.8 Å². The monoisotopic (exact) mass is 544 g/mol. The van der Waals surface area contributed by atoms with E-state index in [9.17, 15) is 18.0 Å². The lowest BCUT2D eigenvalue weighted by atomic mass is 9.98. The third-order valence-corrected chi connectivity index (χ3v) is 8.97. The Bertz CT molecular complexity index is 1120. The van der Waals surface area contributed by atoms with Gasteiger partial charge >= 0.3 is 12.1 Å². The molecule has 0 aromatic heterocycles. The van der Waals surface area contributed by atoms with Crippen LogP contribution in [0.5, 0.6) is 0 Å². The molecule has 208 valence electrons. The van der Waals surface area contributed by atoms with Crippen molar-refractivity contribution in [3.05, 3.63) is 59.7 Å². The van der Waals surface area contributed by atoms with Gasteiger partial charge in [0.15, 0.2) is 0 Å². The van der Waals surface area contributed by atoms with E-state index >= 15 is 0 Å². The number of amides is 1. The number of carboxylic acids is 1. The summed E-state index contributed by atoms with van der Waals surface area (Å²) in [5.74, 6) is -1.29. The van der Waals surface area contributed by atoms with E-state index in [0.29, 0.717) is 6.42 Å². The highest BCUT2D eigenvalue weighted by molar-refractivity contribution is 7.90. The Morgan fingerprint density at radius 2 is 1.47 bits per heavy atom. The number of alkyl carbamates (subject to hydrolysis) is 1. The van der Waals surface area contributed by atoms with Gasteiger partial charge in [-0.25, -0.2) is 17.9 Å². The molecule has 0 heterocycles. The maximum absolute atomic E-state index is 12.7. The molecule has 1 unspecified atom stereocenters. The van der Waals surface area contributed by atoms with E-state index in [4.69, 9.17) is 9.84 Å². The molecule has 9 heteroatoms. The molecule has 1 amide bonds. The zero-order chi connectivity index (χ0) is 27.4. The predicted octanol–water partition coefficient (Wildman–Crippen LogP) is 5.43. The van der Waals surface area contributed by atoms with Gasteiger partial charge in [0.05, 0.1) is 5.25 Å². The number of hydrogen-bond acceptors (Lipinski definition) is 5. The third-order valence-electron chi connectivity index (χ3n) is 7.07. The second kappa shape index (κ2) is 14.9. The number of ether oxygens (including phenoxy) is 1. The van der Waals surface area contributed by atoms with E-state index in [-0.39, 0.29) is 25.5 Å². The Hall–Kier alpha value is -2.91. The molecule has 1 atom stereocenters. The van der Waals surface area contributed by atoms with E-state index in [1.54, 1.807) is 0 Å². The standard InChI is InChI=1S/C29H40N2O6S/c1-2-3-4-5-6-7-8-13-22(38(35,36)31-20-28(32)33)18-19-30-29(34)37-21-27-25-16-11-9-14-23(25)24-15-10-12-17-26(24)27/h9-12,14-17,22,27,31H,2-8,13,18-21H2,1H3,(H,30,34)(H,32,33). The molecule has 3 N–H and O–H groups in total. The molecule has 1 aliphatic rings. The number of carboxylic acid groups (broad SMARTS) is 1. The largest absolute Gasteiger partial charge is 0.480 e. The van der Waals surface area contributed by atoms with E-state index < -0.39 is 33.9 Å². The zero-order valence-electron chi connectivity index (χ0n) is 22.2. The minimum absolute atomic E-state index is 0.0566. The lowest BCUT2D eigenvalue weighted by Gasteiger charge is -2.19. The van der Waals surface area contributed by atoms with Crippen LogP contribution in [0.3, 0.4) is 0 Å². The first kappa shape index (κ1) is 29.6. The molecule has 2 aromatic carbocycles. The number of fused-ring (bicyclic) bond motifs is 3. The average Bonchev–Trinajstić information content (AvgIpc) is 3.23. The second-order valence-electron chi connectivity index (χ2n) is 9.83. The Labute approximate surface area is 226 Å². The molecular formula is C29H40N2O6S. The lowest BCUT2D eigenvalue weighted by molar-refractivity contribution is -0.135. The lowest BCUT2D eigenvalue weighted by Crippen LogP contribution is -2.39. The van der Waals surface area contributed by atoms with E-state index in [2.05, 4.69) is 29.1 Å². The van der Waals surface area contributed by atoms with Crippen molar-refractivity contribution in [2.45, 2.75) is 75.9 Å². The molecule has 0 saturated carbocycles. The number of carbonyl (C=O) groups is 2. The van der Waals surface area contributed by atoms with Crippen molar-refractivity contribution < 1.29 is 27.9 Å². The maximum atomic E-state index is 12.7. The minimum atomic E-state index is -3.83. The van der Waals surface area contributed by atoms with Crippen molar-refractivity contribution in [1.29, 1.82) is 0 Å². The first-order chi connectivity index (χ1) is 18.3. The van der Waals surface area contributed by atoms with Crippen LogP contribution < -0.4 is 10.0 Å². The fourth-order valence-corrected chi connectivity index (χ4v) is 6.51. The van der Waals surface area contributed by atoms with Gasteiger partial charge in [-0.2, -0.15) is 0 Å². The Morgan fingerprint density at radius 3 is 2.08 bits per heavy atom. The van der Waals surface area contributed by atoms with Crippen LogP contribution in [0.25, 0.3) is 11.1 Å². The first-order valence-corrected chi connectivity index (χ1v) is 15.2. The van der Waals surface area contributed by atoms with Crippen LogP contribution >= 0.6 is 0 Å². The molecule has 8 nitrogen and oxygen atoms in total. The van der Waals surface area contributed by atoms with Gasteiger partial charge in [-0.15, -0.1) is 0 Å². The van der Waals surface area contributed by atoms with Crippen molar-refractivity contribution in [3.63, 3.8) is 0 Å². The van der Waals surface area contributed by atoms with Gasteiger partial charge in [0.1, 0.15) is 13.2 Å². The molecule has 0 saturated heterocycles. The number of nitrogens with one attached hydrogen (secondary N) is 2. The molecule has 0 spiro atoms. The highest BCUT2D eigenvalue weighted by Crippen LogP contribution is 2.44. The number of unbranched alkanes of at least 4 members (excludes halogenated alkanes) is 6. The summed E-state index contributed by atoms with van der Waals surface area (Å²) in [6, 6.07) is 16.2. The average molecular weight is 545 g/mol. The van der Waals surface area contributed by atoms with Gasteiger partial charge in [-0.05, 0) is 35.1 Å². The Morgan fingerprint density at radius 1 is 0.895 bits per heavy atom. The molecule has 0 fully saturated rings. The van der Waals surface area contributed by atoms with Crippen molar-refractivity contribution in [1.82, 2.24) is 10.0 Å². The van der Waals surface area contributed by atoms with Crippen LogP contribution in [0.15, 0.2) is 48.5 Å². The molecule has 38 heavy (non-hydrogen) atoms. The summed E-state index contributed by atoms with van der Waals surface area (Å²) in [6.45, 7) is 1.80. The fraction of sp³-hybridized carbons (Fsp3) is 0.517. The normalized spacial score (nSPS) is 13.5. The summed E-state index contributed by atoms with van der Waals surface area (Å²) in [7, 11) is -3.83. The molecule has 0 bridgehead atoms. The van der Waals surface area contributed by atoms with Gasteiger partial charge in [0, 0.05) is 12.5 Å². The van der Waals surface area contributed by atoms with Gasteiger partial charge < -0.3 is 15.2 Å². The molecule has 3 rings (SSSR count). The molecule has 1 aliphatic carbocycles. The minimum Gasteiger partial charge on any atom is -0.480 e. The highest BCUT2D eigenvalue weighted by Gasteiger charge is 2.29. The molecule has 2 aromatic rings. The van der Waals surface area contributed by atoms with Gasteiger partial charge in [0.2, 0.25) is 10.0 Å². The second-order valence-corrected chi connectivity index (χ2v) is 11.9. The Kier molecular flexibility index (Phi) is 11.6. The van der Waals surface area contributed by atoms with Crippen LogP contribution in [-0.2, 0) is 19.6 Å². The van der Waals surface area contributed by atoms with E-state index in [1.807, 2.05) is 36.4 Å². The summed E-state index contributed by atoms with van der Waals surface area (Å²) in [4.78, 5) is 23.4. The molecule has 0 aliphatic heterocycles. The number of rotatable bonds is 17. The number of benzene rings is 2. The number of carbonyl (C=O) groups excluding carboxylic acids is 1. The fourth-order valence-electron chi connectivity index (χ4n) is 5.05. The van der Waals surface area contributed by atoms with Crippen LogP contribution in [0.2, 0.25) is 0 Å². The third kappa shape index (κ3) is 8.56. The highest BCUT2D eigenvalue weighted by atomic mass is 32.2. The van der Waals surface area contributed by atoms with Gasteiger partial charge in [-0.3, -0.25) is 4.79 Å². The van der Waals surface area contributed by atoms with E-state index in [1.165, 1.54) is 19.3 Å². The Balaban J connectivity index is 1.49. The van der Waals surface area contributed by atoms with Crippen LogP contribution in [0, 0.1) is 0 Å². The molecular weight excluding hydrogens is 504 g/mol. The zero-order valence-corrected chi connectivity index (χ0v) is 23.0. The summed E-state index contributed by atoms with van der Waals surface area (Å²) in [5.41, 5.74) is 4.52. The van der Waals surface area contributed by atoms with Gasteiger partial charge in [0.25, 0.3) is 0 Å². The summed E-state index contributed by atoms with van der Waals surface area (Å²) >= 11 is 0. The van der Waals surface area contributed by atoms with Crippen molar-refractivity contribution in [2.24, 2.45) is 0 Å². The number of sulfonamides is 1. The van der Waals surface area contributed by atoms with Crippen LogP contribution in [-0.4, -0.2) is 50.5 Å². The SMILES string of the molecule is CCCCCCCCCC(CCNC(=O)OCC1c2ccccc2-c2ccccc21)S(=O)(=O)NCC(=O)O. The first-order valence-electron chi connectivity index (χ1n) is 13.6. The van der Waals surface area contributed by atoms with Crippen molar-refractivity contribution >= 4 is 22.1 Å².